The van der Waals surface area contributed by atoms with Gasteiger partial charge in [0.25, 0.3) is 0 Å². The van der Waals surface area contributed by atoms with Crippen LogP contribution in [0, 0.1) is 0 Å². The van der Waals surface area contributed by atoms with Gasteiger partial charge in [0.15, 0.2) is 0 Å². The molecular formula is C17H29N3S. The van der Waals surface area contributed by atoms with Crippen LogP contribution in [0.15, 0.2) is 11.4 Å². The first-order chi connectivity index (χ1) is 10.2. The SMILES string of the molecule is CN(C)CCN1CCC(N[C@H]2CCCc3sccc32)CC1. The zero-order chi connectivity index (χ0) is 14.7. The van der Waals surface area contributed by atoms with Crippen molar-refractivity contribution in [2.24, 2.45) is 0 Å². The van der Waals surface area contributed by atoms with Crippen molar-refractivity contribution in [1.82, 2.24) is 15.1 Å². The highest BCUT2D eigenvalue weighted by Gasteiger charge is 2.25. The number of rotatable bonds is 5. The van der Waals surface area contributed by atoms with Crippen LogP contribution in [0.5, 0.6) is 0 Å². The summed E-state index contributed by atoms with van der Waals surface area (Å²) in [6.45, 7) is 4.92. The first kappa shape index (κ1) is 15.5. The fourth-order valence-corrected chi connectivity index (χ4v) is 4.60. The number of aryl methyl sites for hydroxylation is 1. The van der Waals surface area contributed by atoms with Crippen molar-refractivity contribution < 1.29 is 0 Å². The summed E-state index contributed by atoms with van der Waals surface area (Å²) < 4.78 is 0. The Kier molecular flexibility index (Phi) is 5.33. The number of nitrogens with one attached hydrogen (secondary N) is 1. The Morgan fingerprint density at radius 2 is 2.10 bits per heavy atom. The Labute approximate surface area is 133 Å². The lowest BCUT2D eigenvalue weighted by Crippen LogP contribution is -2.45. The molecule has 1 aliphatic heterocycles. The summed E-state index contributed by atoms with van der Waals surface area (Å²) in [5, 5.41) is 6.23. The average Bonchev–Trinajstić information content (AvgIpc) is 2.96. The maximum atomic E-state index is 3.96. The molecule has 1 N–H and O–H groups in total. The zero-order valence-electron chi connectivity index (χ0n) is 13.5. The lowest BCUT2D eigenvalue weighted by Gasteiger charge is -2.36. The molecule has 1 aliphatic carbocycles. The van der Waals surface area contributed by atoms with Crippen LogP contribution in [0.4, 0.5) is 0 Å². The summed E-state index contributed by atoms with van der Waals surface area (Å²) in [5.74, 6) is 0. The van der Waals surface area contributed by atoms with Crippen LogP contribution < -0.4 is 5.32 Å². The minimum Gasteiger partial charge on any atom is -0.308 e. The fourth-order valence-electron chi connectivity index (χ4n) is 3.61. The van der Waals surface area contributed by atoms with Gasteiger partial charge in [0.2, 0.25) is 0 Å². The van der Waals surface area contributed by atoms with Gasteiger partial charge in [-0.2, -0.15) is 0 Å². The minimum atomic E-state index is 0.623. The summed E-state index contributed by atoms with van der Waals surface area (Å²) in [6.07, 6.45) is 6.60. The Morgan fingerprint density at radius 3 is 2.86 bits per heavy atom. The molecule has 3 rings (SSSR count). The molecule has 0 bridgehead atoms. The molecule has 0 saturated carbocycles. The van der Waals surface area contributed by atoms with Crippen LogP contribution in [0.1, 0.15) is 42.2 Å². The third kappa shape index (κ3) is 4.07. The largest absolute Gasteiger partial charge is 0.308 e. The Hall–Kier alpha value is -0.420. The van der Waals surface area contributed by atoms with Crippen molar-refractivity contribution in [1.29, 1.82) is 0 Å². The predicted molar refractivity (Wildman–Crippen MR) is 91.1 cm³/mol. The number of piperidine rings is 1. The Morgan fingerprint density at radius 1 is 1.29 bits per heavy atom. The molecule has 1 fully saturated rings. The normalized spacial score (nSPS) is 24.4. The van der Waals surface area contributed by atoms with Gasteiger partial charge in [-0.15, -0.1) is 11.3 Å². The monoisotopic (exact) mass is 307 g/mol. The van der Waals surface area contributed by atoms with E-state index in [-0.39, 0.29) is 0 Å². The number of likely N-dealkylation sites (N-methyl/N-ethyl adjacent to an activating group) is 1. The van der Waals surface area contributed by atoms with Crippen LogP contribution >= 0.6 is 11.3 Å². The topological polar surface area (TPSA) is 18.5 Å². The van der Waals surface area contributed by atoms with Crippen LogP contribution in [-0.4, -0.2) is 56.1 Å². The van der Waals surface area contributed by atoms with Gasteiger partial charge in [-0.1, -0.05) is 0 Å². The van der Waals surface area contributed by atoms with E-state index in [1.807, 2.05) is 11.3 Å². The maximum Gasteiger partial charge on any atom is 0.0333 e. The highest BCUT2D eigenvalue weighted by Crippen LogP contribution is 2.34. The third-order valence-corrected chi connectivity index (χ3v) is 5.94. The van der Waals surface area contributed by atoms with Gasteiger partial charge in [0.1, 0.15) is 0 Å². The lowest BCUT2D eigenvalue weighted by molar-refractivity contribution is 0.175. The van der Waals surface area contributed by atoms with E-state index >= 15 is 0 Å². The van der Waals surface area contributed by atoms with Crippen molar-refractivity contribution in [3.8, 4) is 0 Å². The molecule has 0 unspecified atom stereocenters. The van der Waals surface area contributed by atoms with Crippen LogP contribution in [0.2, 0.25) is 0 Å². The zero-order valence-corrected chi connectivity index (χ0v) is 14.3. The van der Waals surface area contributed by atoms with E-state index in [2.05, 4.69) is 40.7 Å². The highest BCUT2D eigenvalue weighted by atomic mass is 32.1. The molecule has 0 spiro atoms. The van der Waals surface area contributed by atoms with Crippen molar-refractivity contribution in [2.45, 2.75) is 44.2 Å². The van der Waals surface area contributed by atoms with Gasteiger partial charge in [-0.25, -0.2) is 0 Å². The molecule has 21 heavy (non-hydrogen) atoms. The molecule has 0 radical (unpaired) electrons. The molecule has 2 aliphatic rings. The van der Waals surface area contributed by atoms with Gasteiger partial charge in [0, 0.05) is 30.1 Å². The molecule has 1 aromatic heterocycles. The standard InChI is InChI=1S/C17H29N3S/c1-19(2)11-12-20-9-6-14(7-10-20)18-16-4-3-5-17-15(16)8-13-21-17/h8,13-14,16,18H,3-7,9-12H2,1-2H3/t16-/m0/s1. The van der Waals surface area contributed by atoms with Gasteiger partial charge in [-0.05, 0) is 76.3 Å². The molecule has 1 aromatic rings. The number of hydrogen-bond acceptors (Lipinski definition) is 4. The first-order valence-electron chi connectivity index (χ1n) is 8.42. The third-order valence-electron chi connectivity index (χ3n) is 4.94. The van der Waals surface area contributed by atoms with E-state index in [1.165, 1.54) is 58.3 Å². The summed E-state index contributed by atoms with van der Waals surface area (Å²) in [4.78, 5) is 6.53. The number of likely N-dealkylation sites (tertiary alicyclic amines) is 1. The van der Waals surface area contributed by atoms with E-state index in [1.54, 1.807) is 10.4 Å². The van der Waals surface area contributed by atoms with Crippen molar-refractivity contribution in [3.05, 3.63) is 21.9 Å². The van der Waals surface area contributed by atoms with E-state index in [0.29, 0.717) is 6.04 Å². The first-order valence-corrected chi connectivity index (χ1v) is 9.30. The predicted octanol–water partition coefficient (Wildman–Crippen LogP) is 2.74. The van der Waals surface area contributed by atoms with E-state index in [4.69, 9.17) is 0 Å². The fraction of sp³-hybridized carbons (Fsp3) is 0.765. The Balaban J connectivity index is 1.46. The van der Waals surface area contributed by atoms with Gasteiger partial charge >= 0.3 is 0 Å². The van der Waals surface area contributed by atoms with Crippen LogP contribution in [0.25, 0.3) is 0 Å². The molecule has 2 heterocycles. The quantitative estimate of drug-likeness (QED) is 0.902. The van der Waals surface area contributed by atoms with E-state index < -0.39 is 0 Å². The summed E-state index contributed by atoms with van der Waals surface area (Å²) >= 11 is 1.95. The average molecular weight is 308 g/mol. The molecule has 0 aromatic carbocycles. The van der Waals surface area contributed by atoms with Crippen LogP contribution in [-0.2, 0) is 6.42 Å². The molecule has 1 atom stereocenters. The lowest BCUT2D eigenvalue weighted by atomic mass is 9.92. The molecule has 1 saturated heterocycles. The van der Waals surface area contributed by atoms with Crippen molar-refractivity contribution in [3.63, 3.8) is 0 Å². The highest BCUT2D eigenvalue weighted by molar-refractivity contribution is 7.10. The number of hydrogen-bond donors (Lipinski definition) is 1. The smallest absolute Gasteiger partial charge is 0.0333 e. The summed E-state index contributed by atoms with van der Waals surface area (Å²) in [6, 6.07) is 3.69. The second-order valence-corrected chi connectivity index (χ2v) is 7.83. The number of nitrogens with zero attached hydrogens (tertiary/aromatic N) is 2. The summed E-state index contributed by atoms with van der Waals surface area (Å²) in [7, 11) is 4.33. The Bertz CT molecular complexity index is 435. The maximum absolute atomic E-state index is 3.96. The molecular weight excluding hydrogens is 278 g/mol. The molecule has 3 nitrogen and oxygen atoms in total. The van der Waals surface area contributed by atoms with Gasteiger partial charge in [-0.3, -0.25) is 0 Å². The van der Waals surface area contributed by atoms with Crippen molar-refractivity contribution in [2.75, 3.05) is 40.3 Å². The molecule has 0 amide bonds. The van der Waals surface area contributed by atoms with E-state index in [0.717, 1.165) is 6.04 Å². The molecule has 118 valence electrons. The van der Waals surface area contributed by atoms with E-state index in [9.17, 15) is 0 Å². The van der Waals surface area contributed by atoms with Crippen molar-refractivity contribution >= 4 is 11.3 Å². The number of thiophene rings is 1. The number of fused-ring (bicyclic) bond motifs is 1. The summed E-state index contributed by atoms with van der Waals surface area (Å²) in [5.41, 5.74) is 1.60. The molecule has 4 heteroatoms. The van der Waals surface area contributed by atoms with Gasteiger partial charge < -0.3 is 15.1 Å². The van der Waals surface area contributed by atoms with Crippen LogP contribution in [0.3, 0.4) is 0 Å². The minimum absolute atomic E-state index is 0.623. The van der Waals surface area contributed by atoms with Gasteiger partial charge in [0.05, 0.1) is 0 Å². The second kappa shape index (κ2) is 7.23. The second-order valence-electron chi connectivity index (χ2n) is 6.83.